The molecule has 0 spiro atoms. The van der Waals surface area contributed by atoms with Crippen molar-refractivity contribution >= 4 is 34.7 Å². The van der Waals surface area contributed by atoms with E-state index in [4.69, 9.17) is 4.42 Å². The molecule has 21 heavy (non-hydrogen) atoms. The summed E-state index contributed by atoms with van der Waals surface area (Å²) in [7, 11) is 1.70. The summed E-state index contributed by atoms with van der Waals surface area (Å²) in [6.07, 6.45) is 3.40. The van der Waals surface area contributed by atoms with Gasteiger partial charge in [-0.2, -0.15) is 0 Å². The number of aryl methyl sites for hydroxylation is 1. The van der Waals surface area contributed by atoms with Crippen LogP contribution in [-0.4, -0.2) is 28.0 Å². The molecule has 5 nitrogen and oxygen atoms in total. The Balaban J connectivity index is 1.89. The molecule has 1 aliphatic rings. The first-order valence-corrected chi connectivity index (χ1v) is 7.19. The fourth-order valence-electron chi connectivity index (χ4n) is 1.83. The van der Waals surface area contributed by atoms with Gasteiger partial charge in [0.25, 0.3) is 5.91 Å². The normalized spacial score (nSPS) is 19.0. The maximum Gasteiger partial charge on any atom is 0.266 e. The number of rotatable bonds is 2. The molecule has 0 unspecified atom stereocenters. The molecule has 0 bridgehead atoms. The molecule has 2 aromatic rings. The maximum absolute atomic E-state index is 12.2. The molecule has 0 saturated carbocycles. The Hall–Kier alpha value is -2.34. The van der Waals surface area contributed by atoms with Crippen molar-refractivity contribution in [1.29, 1.82) is 0 Å². The van der Waals surface area contributed by atoms with Gasteiger partial charge in [-0.15, -0.1) is 0 Å². The first-order valence-electron chi connectivity index (χ1n) is 6.37. The van der Waals surface area contributed by atoms with Crippen molar-refractivity contribution in [3.05, 3.63) is 53.0 Å². The monoisotopic (exact) mass is 299 g/mol. The van der Waals surface area contributed by atoms with Crippen LogP contribution in [0.15, 0.2) is 50.8 Å². The number of hydrogen-bond acceptors (Lipinski definition) is 5. The number of nitrogens with zero attached hydrogens (tertiary/aromatic N) is 3. The number of likely N-dealkylation sites (N-methyl/N-ethyl adjacent to an activating group) is 1. The molecule has 3 rings (SSSR count). The van der Waals surface area contributed by atoms with Gasteiger partial charge < -0.3 is 4.42 Å². The number of thioether (sulfide) groups is 1. The van der Waals surface area contributed by atoms with Gasteiger partial charge in [0, 0.05) is 19.3 Å². The molecule has 0 N–H and O–H groups in total. The highest BCUT2D eigenvalue weighted by molar-refractivity contribution is 8.18. The average molecular weight is 299 g/mol. The minimum absolute atomic E-state index is 0.0938. The Morgan fingerprint density at radius 1 is 1.33 bits per heavy atom. The highest BCUT2D eigenvalue weighted by Gasteiger charge is 2.30. The molecule has 0 aliphatic carbocycles. The Labute approximate surface area is 126 Å². The topological polar surface area (TPSA) is 58.7 Å². The van der Waals surface area contributed by atoms with Crippen LogP contribution in [-0.2, 0) is 4.79 Å². The van der Waals surface area contributed by atoms with Crippen molar-refractivity contribution in [3.8, 4) is 0 Å². The average Bonchev–Trinajstić information content (AvgIpc) is 3.00. The minimum Gasteiger partial charge on any atom is -0.462 e. The lowest BCUT2D eigenvalue weighted by molar-refractivity contribution is -0.121. The number of carbonyl (C=O) groups is 1. The van der Waals surface area contributed by atoms with Gasteiger partial charge in [0.1, 0.15) is 11.5 Å². The fraction of sp³-hybridized carbons (Fsp3) is 0.133. The number of aromatic nitrogens is 1. The second kappa shape index (κ2) is 5.57. The standard InChI is InChI=1S/C15H13N3O2S/c1-10-6-7-11(20-10)9-12-14(19)18(2)15(21-12)17-13-5-3-4-8-16-13/h3-9H,1-2H3/b12-9+,17-15+. The quantitative estimate of drug-likeness (QED) is 0.799. The van der Waals surface area contributed by atoms with Crippen LogP contribution in [0.4, 0.5) is 5.82 Å². The zero-order valence-corrected chi connectivity index (χ0v) is 12.4. The van der Waals surface area contributed by atoms with Crippen LogP contribution in [0.25, 0.3) is 6.08 Å². The van der Waals surface area contributed by atoms with Gasteiger partial charge in [0.05, 0.1) is 4.91 Å². The third-order valence-corrected chi connectivity index (χ3v) is 3.96. The molecule has 1 fully saturated rings. The Kier molecular flexibility index (Phi) is 3.62. The van der Waals surface area contributed by atoms with Crippen LogP contribution in [0.3, 0.4) is 0 Å². The fourth-order valence-corrected chi connectivity index (χ4v) is 2.78. The zero-order valence-electron chi connectivity index (χ0n) is 11.6. The second-order valence-corrected chi connectivity index (χ2v) is 5.51. The van der Waals surface area contributed by atoms with E-state index in [1.54, 1.807) is 25.4 Å². The highest BCUT2D eigenvalue weighted by Crippen LogP contribution is 2.32. The third kappa shape index (κ3) is 2.90. The van der Waals surface area contributed by atoms with Gasteiger partial charge in [0.2, 0.25) is 0 Å². The van der Waals surface area contributed by atoms with Gasteiger partial charge in [-0.1, -0.05) is 6.07 Å². The summed E-state index contributed by atoms with van der Waals surface area (Å²) >= 11 is 1.31. The maximum atomic E-state index is 12.2. The number of hydrogen-bond donors (Lipinski definition) is 0. The van der Waals surface area contributed by atoms with Crippen molar-refractivity contribution in [2.24, 2.45) is 4.99 Å². The van der Waals surface area contributed by atoms with Crippen LogP contribution in [0.2, 0.25) is 0 Å². The summed E-state index contributed by atoms with van der Waals surface area (Å²) in [6, 6.07) is 9.18. The minimum atomic E-state index is -0.0938. The zero-order chi connectivity index (χ0) is 14.8. The molecular formula is C15H13N3O2S. The van der Waals surface area contributed by atoms with E-state index in [0.29, 0.717) is 21.7 Å². The molecule has 6 heteroatoms. The second-order valence-electron chi connectivity index (χ2n) is 4.51. The number of carbonyl (C=O) groups excluding carboxylic acids is 1. The lowest BCUT2D eigenvalue weighted by Gasteiger charge is -2.06. The number of pyridine rings is 1. The Bertz CT molecular complexity index is 734. The first kappa shape index (κ1) is 13.6. The van der Waals surface area contributed by atoms with E-state index in [1.807, 2.05) is 31.2 Å². The SMILES string of the molecule is Cc1ccc(/C=C2/S/C(=N/c3ccccn3)N(C)C2=O)o1. The van der Waals surface area contributed by atoms with Crippen LogP contribution < -0.4 is 0 Å². The van der Waals surface area contributed by atoms with E-state index in [0.717, 1.165) is 5.76 Å². The summed E-state index contributed by atoms with van der Waals surface area (Å²) in [5.41, 5.74) is 0. The molecule has 2 aromatic heterocycles. The summed E-state index contributed by atoms with van der Waals surface area (Å²) in [4.78, 5) is 22.8. The van der Waals surface area contributed by atoms with Gasteiger partial charge in [-0.3, -0.25) is 9.69 Å². The van der Waals surface area contributed by atoms with Gasteiger partial charge in [-0.25, -0.2) is 9.98 Å². The highest BCUT2D eigenvalue weighted by atomic mass is 32.2. The van der Waals surface area contributed by atoms with E-state index >= 15 is 0 Å². The van der Waals surface area contributed by atoms with Crippen LogP contribution in [0.5, 0.6) is 0 Å². The van der Waals surface area contributed by atoms with Crippen molar-refractivity contribution in [3.63, 3.8) is 0 Å². The Morgan fingerprint density at radius 3 is 2.86 bits per heavy atom. The molecule has 1 saturated heterocycles. The molecule has 106 valence electrons. The summed E-state index contributed by atoms with van der Waals surface area (Å²) in [5.74, 6) is 1.96. The lowest BCUT2D eigenvalue weighted by atomic mass is 10.3. The predicted molar refractivity (Wildman–Crippen MR) is 83.1 cm³/mol. The Morgan fingerprint density at radius 2 is 2.19 bits per heavy atom. The molecule has 1 amide bonds. The molecular weight excluding hydrogens is 286 g/mol. The summed E-state index contributed by atoms with van der Waals surface area (Å²) in [5, 5.41) is 0.605. The van der Waals surface area contributed by atoms with Gasteiger partial charge in [-0.05, 0) is 43.0 Å². The van der Waals surface area contributed by atoms with Gasteiger partial charge in [0.15, 0.2) is 11.0 Å². The van der Waals surface area contributed by atoms with E-state index in [2.05, 4.69) is 9.98 Å². The first-order chi connectivity index (χ1) is 10.1. The third-order valence-electron chi connectivity index (χ3n) is 2.90. The summed E-state index contributed by atoms with van der Waals surface area (Å²) < 4.78 is 5.47. The van der Waals surface area contributed by atoms with Crippen molar-refractivity contribution < 1.29 is 9.21 Å². The van der Waals surface area contributed by atoms with E-state index in [9.17, 15) is 4.79 Å². The van der Waals surface area contributed by atoms with Crippen LogP contribution in [0, 0.1) is 6.92 Å². The van der Waals surface area contributed by atoms with Crippen molar-refractivity contribution in [2.75, 3.05) is 7.05 Å². The number of amides is 1. The lowest BCUT2D eigenvalue weighted by Crippen LogP contribution is -2.23. The molecule has 0 aromatic carbocycles. The number of aliphatic imine (C=N–C) groups is 1. The number of amidine groups is 1. The predicted octanol–water partition coefficient (Wildman–Crippen LogP) is 3.22. The van der Waals surface area contributed by atoms with E-state index in [1.165, 1.54) is 16.7 Å². The van der Waals surface area contributed by atoms with Crippen LogP contribution in [0.1, 0.15) is 11.5 Å². The van der Waals surface area contributed by atoms with E-state index < -0.39 is 0 Å². The molecule has 1 aliphatic heterocycles. The van der Waals surface area contributed by atoms with Crippen LogP contribution >= 0.6 is 11.8 Å². The van der Waals surface area contributed by atoms with Crippen molar-refractivity contribution in [2.45, 2.75) is 6.92 Å². The number of furan rings is 1. The molecule has 3 heterocycles. The van der Waals surface area contributed by atoms with E-state index in [-0.39, 0.29) is 5.91 Å². The van der Waals surface area contributed by atoms with Gasteiger partial charge >= 0.3 is 0 Å². The van der Waals surface area contributed by atoms with Crippen molar-refractivity contribution in [1.82, 2.24) is 9.88 Å². The largest absolute Gasteiger partial charge is 0.462 e. The molecule has 0 radical (unpaired) electrons. The molecule has 0 atom stereocenters. The smallest absolute Gasteiger partial charge is 0.266 e. The summed E-state index contributed by atoms with van der Waals surface area (Å²) in [6.45, 7) is 1.87.